The highest BCUT2D eigenvalue weighted by atomic mass is 32.2. The predicted octanol–water partition coefficient (Wildman–Crippen LogP) is 5.76. The van der Waals surface area contributed by atoms with Gasteiger partial charge in [-0.1, -0.05) is 52.0 Å². The highest BCUT2D eigenvalue weighted by Gasteiger charge is 2.41. The molecule has 0 aromatic heterocycles. The molecule has 0 fully saturated rings. The van der Waals surface area contributed by atoms with Crippen molar-refractivity contribution in [2.45, 2.75) is 46.8 Å². The molecule has 0 aliphatic carbocycles. The van der Waals surface area contributed by atoms with Gasteiger partial charge in [0, 0.05) is 5.25 Å². The van der Waals surface area contributed by atoms with E-state index in [1.807, 2.05) is 70.2 Å². The molecule has 1 aliphatic rings. The monoisotopic (exact) mass is 423 g/mol. The Bertz CT molecular complexity index is 990. The summed E-state index contributed by atoms with van der Waals surface area (Å²) in [6.45, 7) is 12.8. The quantitative estimate of drug-likeness (QED) is 0.531. The number of hydrogen-bond acceptors (Lipinski definition) is 4. The van der Waals surface area contributed by atoms with Gasteiger partial charge in [-0.3, -0.25) is 9.59 Å². The van der Waals surface area contributed by atoms with Crippen LogP contribution in [0.5, 0.6) is 5.75 Å². The Morgan fingerprint density at radius 1 is 0.933 bits per heavy atom. The summed E-state index contributed by atoms with van der Waals surface area (Å²) in [5.74, 6) is 0.672. The molecule has 30 heavy (non-hydrogen) atoms. The summed E-state index contributed by atoms with van der Waals surface area (Å²) in [6.07, 6.45) is 0. The second-order valence-corrected chi connectivity index (χ2v) is 9.92. The molecule has 0 saturated heterocycles. The van der Waals surface area contributed by atoms with Crippen molar-refractivity contribution in [1.82, 2.24) is 0 Å². The van der Waals surface area contributed by atoms with Crippen LogP contribution in [0, 0.1) is 19.8 Å². The Balaban J connectivity index is 2.01. The zero-order valence-corrected chi connectivity index (χ0v) is 19.3. The molecule has 2 amide bonds. The van der Waals surface area contributed by atoms with Crippen LogP contribution in [-0.2, 0) is 9.59 Å². The Kier molecular flexibility index (Phi) is 6.71. The molecular formula is C25H29NO3S. The van der Waals surface area contributed by atoms with E-state index in [0.717, 1.165) is 22.4 Å². The van der Waals surface area contributed by atoms with Crippen LogP contribution < -0.4 is 9.64 Å². The maximum Gasteiger partial charge on any atom is 0.272 e. The number of carbonyl (C=O) groups excluding carboxylic acids is 2. The molecule has 0 N–H and O–H groups in total. The number of anilines is 1. The minimum atomic E-state index is -0.271. The lowest BCUT2D eigenvalue weighted by Gasteiger charge is -2.18. The van der Waals surface area contributed by atoms with E-state index in [4.69, 9.17) is 4.74 Å². The van der Waals surface area contributed by atoms with Crippen molar-refractivity contribution in [1.29, 1.82) is 0 Å². The average molecular weight is 424 g/mol. The zero-order valence-electron chi connectivity index (χ0n) is 18.5. The number of aryl methyl sites for hydroxylation is 2. The second kappa shape index (κ2) is 9.09. The summed E-state index contributed by atoms with van der Waals surface area (Å²) in [6, 6.07) is 13.3. The number of hydrogen-bond donors (Lipinski definition) is 0. The van der Waals surface area contributed by atoms with Gasteiger partial charge >= 0.3 is 0 Å². The molecular weight excluding hydrogens is 394 g/mol. The second-order valence-electron chi connectivity index (χ2n) is 8.34. The minimum Gasteiger partial charge on any atom is -0.493 e. The molecule has 5 heteroatoms. The lowest BCUT2D eigenvalue weighted by molar-refractivity contribution is -0.119. The highest BCUT2D eigenvalue weighted by molar-refractivity contribution is 8.04. The van der Waals surface area contributed by atoms with E-state index < -0.39 is 0 Å². The van der Waals surface area contributed by atoms with E-state index in [1.165, 1.54) is 16.7 Å². The first-order valence-corrected chi connectivity index (χ1v) is 11.2. The molecule has 1 aliphatic heterocycles. The van der Waals surface area contributed by atoms with Gasteiger partial charge < -0.3 is 4.74 Å². The molecule has 0 saturated carbocycles. The summed E-state index contributed by atoms with van der Waals surface area (Å²) >= 11 is 1.44. The third kappa shape index (κ3) is 4.62. The van der Waals surface area contributed by atoms with Gasteiger partial charge in [0.05, 0.1) is 22.8 Å². The molecule has 0 unspecified atom stereocenters. The fraction of sp³-hybridized carbons (Fsp3) is 0.360. The van der Waals surface area contributed by atoms with Crippen molar-refractivity contribution >= 4 is 34.8 Å². The summed E-state index contributed by atoms with van der Waals surface area (Å²) in [7, 11) is 0. The molecule has 3 rings (SSSR count). The van der Waals surface area contributed by atoms with Gasteiger partial charge in [0.1, 0.15) is 5.75 Å². The number of rotatable bonds is 7. The highest BCUT2D eigenvalue weighted by Crippen LogP contribution is 2.41. The van der Waals surface area contributed by atoms with Crippen molar-refractivity contribution in [2.75, 3.05) is 11.5 Å². The van der Waals surface area contributed by atoms with E-state index in [1.54, 1.807) is 0 Å². The summed E-state index contributed by atoms with van der Waals surface area (Å²) in [5.41, 5.74) is 3.76. The summed E-state index contributed by atoms with van der Waals surface area (Å²) in [4.78, 5) is 28.7. The van der Waals surface area contributed by atoms with Crippen LogP contribution in [-0.4, -0.2) is 23.7 Å². The third-order valence-corrected chi connectivity index (χ3v) is 5.81. The summed E-state index contributed by atoms with van der Waals surface area (Å²) in [5, 5.41) is 0.180. The Morgan fingerprint density at radius 3 is 2.20 bits per heavy atom. The van der Waals surface area contributed by atoms with Crippen molar-refractivity contribution < 1.29 is 14.3 Å². The van der Waals surface area contributed by atoms with E-state index in [-0.39, 0.29) is 17.1 Å². The van der Waals surface area contributed by atoms with Crippen LogP contribution in [0.4, 0.5) is 5.69 Å². The number of imide groups is 1. The number of nitrogens with zero attached hydrogens (tertiary/aromatic N) is 1. The van der Waals surface area contributed by atoms with Crippen LogP contribution in [0.15, 0.2) is 47.4 Å². The first-order valence-electron chi connectivity index (χ1n) is 10.3. The topological polar surface area (TPSA) is 46.6 Å². The molecule has 0 atom stereocenters. The molecule has 0 radical (unpaired) electrons. The van der Waals surface area contributed by atoms with Crippen LogP contribution in [0.25, 0.3) is 5.57 Å². The SMILES string of the molecule is Cc1ccc(C)c(N2C(=O)C(SC(C)C)=C(c3ccc(OCC(C)C)cc3)C2=O)c1. The Hall–Kier alpha value is -2.53. The van der Waals surface area contributed by atoms with Gasteiger partial charge in [-0.2, -0.15) is 0 Å². The van der Waals surface area contributed by atoms with E-state index in [9.17, 15) is 9.59 Å². The first-order chi connectivity index (χ1) is 14.2. The van der Waals surface area contributed by atoms with Gasteiger partial charge in [0.15, 0.2) is 0 Å². The third-order valence-electron chi connectivity index (χ3n) is 4.73. The average Bonchev–Trinajstić information content (AvgIpc) is 2.92. The Labute approximate surface area is 183 Å². The van der Waals surface area contributed by atoms with Gasteiger partial charge in [-0.05, 0) is 54.7 Å². The van der Waals surface area contributed by atoms with Gasteiger partial charge in [-0.25, -0.2) is 4.90 Å². The number of ether oxygens (including phenoxy) is 1. The van der Waals surface area contributed by atoms with Crippen molar-refractivity contribution in [3.05, 3.63) is 64.1 Å². The molecule has 4 nitrogen and oxygen atoms in total. The van der Waals surface area contributed by atoms with Gasteiger partial charge in [0.2, 0.25) is 0 Å². The fourth-order valence-electron chi connectivity index (χ4n) is 3.27. The van der Waals surface area contributed by atoms with Gasteiger partial charge in [0.25, 0.3) is 11.8 Å². The molecule has 2 aromatic rings. The van der Waals surface area contributed by atoms with Crippen LogP contribution in [0.1, 0.15) is 44.4 Å². The van der Waals surface area contributed by atoms with Crippen molar-refractivity contribution in [3.8, 4) is 5.75 Å². The van der Waals surface area contributed by atoms with Gasteiger partial charge in [-0.15, -0.1) is 11.8 Å². The van der Waals surface area contributed by atoms with Crippen LogP contribution in [0.2, 0.25) is 0 Å². The minimum absolute atomic E-state index is 0.180. The largest absolute Gasteiger partial charge is 0.493 e. The van der Waals surface area contributed by atoms with Crippen LogP contribution in [0.3, 0.4) is 0 Å². The zero-order chi connectivity index (χ0) is 22.0. The predicted molar refractivity (Wildman–Crippen MR) is 125 cm³/mol. The fourth-order valence-corrected chi connectivity index (χ4v) is 4.26. The number of amides is 2. The van der Waals surface area contributed by atoms with E-state index >= 15 is 0 Å². The number of carbonyl (C=O) groups is 2. The first kappa shape index (κ1) is 22.2. The van der Waals surface area contributed by atoms with E-state index in [2.05, 4.69) is 13.8 Å². The molecule has 158 valence electrons. The normalized spacial score (nSPS) is 14.5. The Morgan fingerprint density at radius 2 is 1.60 bits per heavy atom. The maximum absolute atomic E-state index is 13.5. The van der Waals surface area contributed by atoms with E-state index in [0.29, 0.717) is 28.7 Å². The van der Waals surface area contributed by atoms with Crippen molar-refractivity contribution in [3.63, 3.8) is 0 Å². The molecule has 0 spiro atoms. The van der Waals surface area contributed by atoms with Crippen LogP contribution >= 0.6 is 11.8 Å². The smallest absolute Gasteiger partial charge is 0.272 e. The molecule has 1 heterocycles. The van der Waals surface area contributed by atoms with Crippen molar-refractivity contribution in [2.24, 2.45) is 5.92 Å². The lowest BCUT2D eigenvalue weighted by atomic mass is 10.1. The number of benzene rings is 2. The maximum atomic E-state index is 13.5. The number of thioether (sulfide) groups is 1. The lowest BCUT2D eigenvalue weighted by Crippen LogP contribution is -2.32. The summed E-state index contributed by atoms with van der Waals surface area (Å²) < 4.78 is 5.76. The molecule has 0 bridgehead atoms. The molecule has 2 aromatic carbocycles. The standard InChI is InChI=1S/C25H29NO3S/c1-15(2)14-29-20-11-9-19(10-12-20)22-23(30-16(3)4)25(28)26(24(22)27)21-13-17(5)7-8-18(21)6/h7-13,15-16H,14H2,1-6H3.